The van der Waals surface area contributed by atoms with Crippen LogP contribution in [0.3, 0.4) is 0 Å². The maximum atomic E-state index is 11.8. The number of nitrogens with one attached hydrogen (secondary N) is 2. The molecule has 0 aromatic heterocycles. The lowest BCUT2D eigenvalue weighted by Crippen LogP contribution is -2.37. The summed E-state index contributed by atoms with van der Waals surface area (Å²) < 4.78 is 5.34. The molecule has 0 aromatic carbocycles. The number of hydrogen-bond donors (Lipinski definition) is 2. The van der Waals surface area contributed by atoms with Crippen molar-refractivity contribution in [3.05, 3.63) is 11.3 Å². The molecule has 1 aliphatic rings. The lowest BCUT2D eigenvalue weighted by molar-refractivity contribution is -0.124. The fraction of sp³-hybridized carbons (Fsp3) is 0.692. The van der Waals surface area contributed by atoms with E-state index in [-0.39, 0.29) is 17.7 Å². The van der Waals surface area contributed by atoms with Gasteiger partial charge in [0, 0.05) is 19.0 Å². The summed E-state index contributed by atoms with van der Waals surface area (Å²) in [5.41, 5.74) is 0.719. The summed E-state index contributed by atoms with van der Waals surface area (Å²) in [5, 5.41) is 5.54. The highest BCUT2D eigenvalue weighted by Crippen LogP contribution is 2.18. The minimum absolute atomic E-state index is 0.000597. The summed E-state index contributed by atoms with van der Waals surface area (Å²) in [5.74, 6) is 0.592. The number of allylic oxidation sites excluding steroid dienone is 1. The first-order chi connectivity index (χ1) is 8.52. The first-order valence-electron chi connectivity index (χ1n) is 6.41. The Morgan fingerprint density at radius 3 is 2.56 bits per heavy atom. The molecule has 5 heteroatoms. The number of carbonyl (C=O) groups is 2. The van der Waals surface area contributed by atoms with Gasteiger partial charge in [-0.15, -0.1) is 0 Å². The molecule has 102 valence electrons. The highest BCUT2D eigenvalue weighted by molar-refractivity contribution is 5.93. The van der Waals surface area contributed by atoms with Gasteiger partial charge in [0.05, 0.1) is 12.2 Å². The van der Waals surface area contributed by atoms with E-state index in [0.29, 0.717) is 25.5 Å². The monoisotopic (exact) mass is 254 g/mol. The van der Waals surface area contributed by atoms with Crippen LogP contribution in [-0.4, -0.2) is 31.5 Å². The van der Waals surface area contributed by atoms with Crippen LogP contribution in [0.25, 0.3) is 0 Å². The largest absolute Gasteiger partial charge is 0.498 e. The van der Waals surface area contributed by atoms with Crippen molar-refractivity contribution >= 4 is 11.8 Å². The summed E-state index contributed by atoms with van der Waals surface area (Å²) in [4.78, 5) is 23.1. The summed E-state index contributed by atoms with van der Waals surface area (Å²) in [6, 6.07) is 0. The second kappa shape index (κ2) is 7.03. The van der Waals surface area contributed by atoms with Crippen LogP contribution in [0.5, 0.6) is 0 Å². The van der Waals surface area contributed by atoms with Crippen LogP contribution in [0, 0.1) is 5.92 Å². The van der Waals surface area contributed by atoms with Gasteiger partial charge in [-0.3, -0.25) is 9.59 Å². The van der Waals surface area contributed by atoms with E-state index in [0.717, 1.165) is 18.4 Å². The molecule has 1 rings (SSSR count). The Bertz CT molecular complexity index is 348. The topological polar surface area (TPSA) is 67.4 Å². The van der Waals surface area contributed by atoms with Gasteiger partial charge in [-0.05, 0) is 19.8 Å². The highest BCUT2D eigenvalue weighted by Gasteiger charge is 2.17. The molecular formula is C13H22N2O3. The quantitative estimate of drug-likeness (QED) is 0.718. The van der Waals surface area contributed by atoms with Gasteiger partial charge in [-0.1, -0.05) is 13.8 Å². The Balaban J connectivity index is 2.27. The van der Waals surface area contributed by atoms with Crippen molar-refractivity contribution in [3.63, 3.8) is 0 Å². The highest BCUT2D eigenvalue weighted by atomic mass is 16.5. The number of amides is 2. The molecule has 0 fully saturated rings. The van der Waals surface area contributed by atoms with Crippen molar-refractivity contribution in [1.29, 1.82) is 0 Å². The maximum absolute atomic E-state index is 11.8. The van der Waals surface area contributed by atoms with Crippen LogP contribution in [0.1, 0.15) is 33.6 Å². The fourth-order valence-electron chi connectivity index (χ4n) is 1.68. The molecule has 18 heavy (non-hydrogen) atoms. The second-order valence-corrected chi connectivity index (χ2v) is 4.69. The van der Waals surface area contributed by atoms with E-state index in [4.69, 9.17) is 4.74 Å². The molecule has 1 aliphatic heterocycles. The van der Waals surface area contributed by atoms with Gasteiger partial charge in [-0.2, -0.15) is 0 Å². The molecule has 0 aliphatic carbocycles. The van der Waals surface area contributed by atoms with Gasteiger partial charge in [-0.25, -0.2) is 0 Å². The predicted octanol–water partition coefficient (Wildman–Crippen LogP) is 0.959. The Hall–Kier alpha value is -1.52. The van der Waals surface area contributed by atoms with Crippen molar-refractivity contribution < 1.29 is 14.3 Å². The van der Waals surface area contributed by atoms with Crippen LogP contribution in [0.4, 0.5) is 0 Å². The fourth-order valence-corrected chi connectivity index (χ4v) is 1.68. The molecule has 0 saturated carbocycles. The van der Waals surface area contributed by atoms with Crippen molar-refractivity contribution in [3.8, 4) is 0 Å². The van der Waals surface area contributed by atoms with Crippen LogP contribution < -0.4 is 10.6 Å². The van der Waals surface area contributed by atoms with Crippen molar-refractivity contribution in [2.75, 3.05) is 19.7 Å². The zero-order chi connectivity index (χ0) is 13.5. The molecule has 2 N–H and O–H groups in total. The lowest BCUT2D eigenvalue weighted by Gasteiger charge is -2.18. The molecule has 0 unspecified atom stereocenters. The molecule has 0 bridgehead atoms. The smallest absolute Gasteiger partial charge is 0.250 e. The summed E-state index contributed by atoms with van der Waals surface area (Å²) in [7, 11) is 0. The minimum atomic E-state index is -0.0917. The Kier molecular flexibility index (Phi) is 5.68. The zero-order valence-corrected chi connectivity index (χ0v) is 11.3. The third-order valence-corrected chi connectivity index (χ3v) is 2.82. The van der Waals surface area contributed by atoms with Crippen molar-refractivity contribution in [2.24, 2.45) is 5.92 Å². The van der Waals surface area contributed by atoms with Gasteiger partial charge in [0.2, 0.25) is 5.91 Å². The second-order valence-electron chi connectivity index (χ2n) is 4.69. The SMILES string of the molecule is CC1=C(C(=O)NCCNC(=O)C(C)C)CCCO1. The summed E-state index contributed by atoms with van der Waals surface area (Å²) >= 11 is 0. The van der Waals surface area contributed by atoms with Gasteiger partial charge in [0.1, 0.15) is 5.76 Å². The van der Waals surface area contributed by atoms with Crippen LogP contribution in [0.15, 0.2) is 11.3 Å². The summed E-state index contributed by atoms with van der Waals surface area (Å²) in [6.45, 7) is 7.06. The molecule has 2 amide bonds. The number of carbonyl (C=O) groups excluding carboxylic acids is 2. The first kappa shape index (κ1) is 14.5. The zero-order valence-electron chi connectivity index (χ0n) is 11.3. The van der Waals surface area contributed by atoms with Crippen LogP contribution >= 0.6 is 0 Å². The lowest BCUT2D eigenvalue weighted by atomic mass is 10.1. The van der Waals surface area contributed by atoms with Gasteiger partial charge >= 0.3 is 0 Å². The molecule has 0 saturated heterocycles. The molecule has 0 aromatic rings. The number of hydrogen-bond acceptors (Lipinski definition) is 3. The number of ether oxygens (including phenoxy) is 1. The van der Waals surface area contributed by atoms with E-state index in [2.05, 4.69) is 10.6 Å². The third kappa shape index (κ3) is 4.39. The standard InChI is InChI=1S/C13H22N2O3/c1-9(2)12(16)14-6-7-15-13(17)11-5-4-8-18-10(11)3/h9H,4-8H2,1-3H3,(H,14,16)(H,15,17). The normalized spacial score (nSPS) is 15.3. The van der Waals surface area contributed by atoms with Crippen LogP contribution in [-0.2, 0) is 14.3 Å². The van der Waals surface area contributed by atoms with E-state index in [9.17, 15) is 9.59 Å². The van der Waals surface area contributed by atoms with Crippen LogP contribution in [0.2, 0.25) is 0 Å². The Morgan fingerprint density at radius 1 is 1.28 bits per heavy atom. The molecule has 1 heterocycles. The number of rotatable bonds is 5. The molecule has 0 radical (unpaired) electrons. The van der Waals surface area contributed by atoms with Gasteiger partial charge in [0.25, 0.3) is 5.91 Å². The Labute approximate surface area is 108 Å². The van der Waals surface area contributed by atoms with E-state index in [1.807, 2.05) is 20.8 Å². The van der Waals surface area contributed by atoms with Crippen molar-refractivity contribution in [1.82, 2.24) is 10.6 Å². The van der Waals surface area contributed by atoms with Gasteiger partial charge in [0.15, 0.2) is 0 Å². The molecule has 0 spiro atoms. The van der Waals surface area contributed by atoms with E-state index in [1.165, 1.54) is 0 Å². The van der Waals surface area contributed by atoms with E-state index >= 15 is 0 Å². The van der Waals surface area contributed by atoms with Gasteiger partial charge < -0.3 is 15.4 Å². The predicted molar refractivity (Wildman–Crippen MR) is 68.7 cm³/mol. The maximum Gasteiger partial charge on any atom is 0.250 e. The van der Waals surface area contributed by atoms with E-state index in [1.54, 1.807) is 0 Å². The average molecular weight is 254 g/mol. The average Bonchev–Trinajstić information content (AvgIpc) is 2.34. The molecular weight excluding hydrogens is 232 g/mol. The summed E-state index contributed by atoms with van der Waals surface area (Å²) in [6.07, 6.45) is 1.64. The minimum Gasteiger partial charge on any atom is -0.498 e. The third-order valence-electron chi connectivity index (χ3n) is 2.82. The Morgan fingerprint density at radius 2 is 1.94 bits per heavy atom. The van der Waals surface area contributed by atoms with Crippen molar-refractivity contribution in [2.45, 2.75) is 33.6 Å². The first-order valence-corrected chi connectivity index (χ1v) is 6.41. The molecule has 0 atom stereocenters. The van der Waals surface area contributed by atoms with E-state index < -0.39 is 0 Å². The molecule has 5 nitrogen and oxygen atoms in total.